The van der Waals surface area contributed by atoms with Crippen molar-refractivity contribution in [3.05, 3.63) is 130 Å². The summed E-state index contributed by atoms with van der Waals surface area (Å²) in [4.78, 5) is 28.9. The van der Waals surface area contributed by atoms with Gasteiger partial charge in [-0.2, -0.15) is 13.2 Å². The lowest BCUT2D eigenvalue weighted by atomic mass is 10.0. The first kappa shape index (κ1) is 33.7. The number of carbonyl (C=O) groups excluding carboxylic acids is 2. The van der Waals surface area contributed by atoms with Crippen LogP contribution in [0.25, 0.3) is 0 Å². The Morgan fingerprint density at radius 1 is 0.844 bits per heavy atom. The fourth-order valence-electron chi connectivity index (χ4n) is 4.72. The standard InChI is InChI=1S/C33H31BrF3N3O4S/c1-2-38-32(42)30(20-24-10-5-3-6-11-24)39(22-25-16-18-27(34)19-17-25)31(41)23-40(45(43,44)29-14-7-4-8-15-29)28-13-9-12-26(21-28)33(35,36)37/h3-19,21,30H,2,20,22-23H2,1H3,(H,38,42). The van der Waals surface area contributed by atoms with E-state index in [9.17, 15) is 31.2 Å². The van der Waals surface area contributed by atoms with Crippen molar-refractivity contribution in [1.82, 2.24) is 10.2 Å². The predicted molar refractivity (Wildman–Crippen MR) is 170 cm³/mol. The average Bonchev–Trinajstić information content (AvgIpc) is 3.03. The number of nitrogens with one attached hydrogen (secondary N) is 1. The molecule has 4 rings (SSSR count). The van der Waals surface area contributed by atoms with Crippen LogP contribution >= 0.6 is 15.9 Å². The van der Waals surface area contributed by atoms with E-state index >= 15 is 0 Å². The van der Waals surface area contributed by atoms with E-state index in [2.05, 4.69) is 21.2 Å². The molecule has 0 saturated heterocycles. The van der Waals surface area contributed by atoms with Crippen molar-refractivity contribution >= 4 is 43.5 Å². The molecule has 7 nitrogen and oxygen atoms in total. The van der Waals surface area contributed by atoms with E-state index in [-0.39, 0.29) is 30.1 Å². The van der Waals surface area contributed by atoms with Crippen molar-refractivity contribution in [3.8, 4) is 0 Å². The van der Waals surface area contributed by atoms with Crippen molar-refractivity contribution < 1.29 is 31.2 Å². The monoisotopic (exact) mass is 701 g/mol. The van der Waals surface area contributed by atoms with Gasteiger partial charge >= 0.3 is 6.18 Å². The molecule has 0 aliphatic heterocycles. The van der Waals surface area contributed by atoms with E-state index in [1.54, 1.807) is 49.4 Å². The van der Waals surface area contributed by atoms with Gasteiger partial charge in [0.2, 0.25) is 11.8 Å². The van der Waals surface area contributed by atoms with Crippen LogP contribution in [0.3, 0.4) is 0 Å². The van der Waals surface area contributed by atoms with E-state index in [1.165, 1.54) is 35.2 Å². The van der Waals surface area contributed by atoms with E-state index in [0.717, 1.165) is 22.2 Å². The fourth-order valence-corrected chi connectivity index (χ4v) is 6.41. The van der Waals surface area contributed by atoms with Crippen LogP contribution in [-0.4, -0.2) is 44.3 Å². The van der Waals surface area contributed by atoms with Crippen LogP contribution in [0.4, 0.5) is 18.9 Å². The number of rotatable bonds is 12. The molecule has 12 heteroatoms. The zero-order chi connectivity index (χ0) is 32.6. The van der Waals surface area contributed by atoms with Gasteiger partial charge in [0.1, 0.15) is 12.6 Å². The van der Waals surface area contributed by atoms with Gasteiger partial charge < -0.3 is 10.2 Å². The number of anilines is 1. The first-order chi connectivity index (χ1) is 21.4. The molecular weight excluding hydrogens is 671 g/mol. The lowest BCUT2D eigenvalue weighted by Gasteiger charge is -2.34. The second-order valence-corrected chi connectivity index (χ2v) is 12.9. The summed E-state index contributed by atoms with van der Waals surface area (Å²) in [6, 6.07) is 26.0. The summed E-state index contributed by atoms with van der Waals surface area (Å²) < 4.78 is 70.4. The summed E-state index contributed by atoms with van der Waals surface area (Å²) >= 11 is 3.38. The molecule has 0 aromatic heterocycles. The van der Waals surface area contributed by atoms with Crippen LogP contribution in [0.1, 0.15) is 23.6 Å². The molecule has 236 valence electrons. The van der Waals surface area contributed by atoms with Crippen molar-refractivity contribution in [2.24, 2.45) is 0 Å². The molecule has 0 saturated carbocycles. The highest BCUT2D eigenvalue weighted by Crippen LogP contribution is 2.33. The van der Waals surface area contributed by atoms with Gasteiger partial charge in [-0.1, -0.05) is 82.7 Å². The second-order valence-electron chi connectivity index (χ2n) is 10.1. The maximum Gasteiger partial charge on any atom is 0.416 e. The van der Waals surface area contributed by atoms with E-state index in [0.29, 0.717) is 15.9 Å². The third-order valence-corrected chi connectivity index (χ3v) is 9.28. The topological polar surface area (TPSA) is 86.8 Å². The summed E-state index contributed by atoms with van der Waals surface area (Å²) in [6.45, 7) is 1.09. The van der Waals surface area contributed by atoms with Gasteiger partial charge in [0.15, 0.2) is 0 Å². The highest BCUT2D eigenvalue weighted by atomic mass is 79.9. The number of hydrogen-bond donors (Lipinski definition) is 1. The molecule has 2 amide bonds. The molecule has 0 radical (unpaired) electrons. The lowest BCUT2D eigenvalue weighted by Crippen LogP contribution is -2.53. The predicted octanol–water partition coefficient (Wildman–Crippen LogP) is 6.44. The Bertz CT molecular complexity index is 1700. The number of benzene rings is 4. The Balaban J connectivity index is 1.82. The Kier molecular flexibility index (Phi) is 11.1. The number of nitrogens with zero attached hydrogens (tertiary/aromatic N) is 2. The van der Waals surface area contributed by atoms with Gasteiger partial charge in [-0.05, 0) is 60.5 Å². The maximum atomic E-state index is 14.3. The van der Waals surface area contributed by atoms with Crippen molar-refractivity contribution in [1.29, 1.82) is 0 Å². The Hall–Kier alpha value is -4.16. The molecule has 45 heavy (non-hydrogen) atoms. The molecule has 0 bridgehead atoms. The van der Waals surface area contributed by atoms with Crippen LogP contribution in [-0.2, 0) is 38.8 Å². The zero-order valence-corrected chi connectivity index (χ0v) is 26.6. The number of carbonyl (C=O) groups is 2. The second kappa shape index (κ2) is 14.7. The molecule has 4 aromatic rings. The smallest absolute Gasteiger partial charge is 0.355 e. The largest absolute Gasteiger partial charge is 0.416 e. The summed E-state index contributed by atoms with van der Waals surface area (Å²) in [6.07, 6.45) is -4.64. The molecule has 0 aliphatic carbocycles. The van der Waals surface area contributed by atoms with Crippen molar-refractivity contribution in [2.75, 3.05) is 17.4 Å². The number of halogens is 4. The summed E-state index contributed by atoms with van der Waals surface area (Å²) in [7, 11) is -4.53. The van der Waals surface area contributed by atoms with E-state index in [1.807, 2.05) is 18.2 Å². The molecule has 4 aromatic carbocycles. The Morgan fingerprint density at radius 3 is 2.07 bits per heavy atom. The van der Waals surface area contributed by atoms with Crippen LogP contribution < -0.4 is 9.62 Å². The molecular formula is C33H31BrF3N3O4S. The highest BCUT2D eigenvalue weighted by Gasteiger charge is 2.36. The maximum absolute atomic E-state index is 14.3. The highest BCUT2D eigenvalue weighted by molar-refractivity contribution is 9.10. The van der Waals surface area contributed by atoms with Crippen LogP contribution in [0.2, 0.25) is 0 Å². The van der Waals surface area contributed by atoms with Gasteiger partial charge in [-0.3, -0.25) is 13.9 Å². The summed E-state index contributed by atoms with van der Waals surface area (Å²) in [5.74, 6) is -1.23. The minimum absolute atomic E-state index is 0.0669. The lowest BCUT2D eigenvalue weighted by molar-refractivity contribution is -0.140. The van der Waals surface area contributed by atoms with Gasteiger partial charge in [0.25, 0.3) is 10.0 Å². The van der Waals surface area contributed by atoms with Gasteiger partial charge in [0, 0.05) is 24.0 Å². The fraction of sp³-hybridized carbons (Fsp3) is 0.212. The molecule has 0 heterocycles. The molecule has 0 spiro atoms. The van der Waals surface area contributed by atoms with Gasteiger partial charge in [-0.25, -0.2) is 8.42 Å². The van der Waals surface area contributed by atoms with Crippen LogP contribution in [0.5, 0.6) is 0 Å². The first-order valence-corrected chi connectivity index (χ1v) is 16.2. The number of alkyl halides is 3. The number of hydrogen-bond acceptors (Lipinski definition) is 4. The number of likely N-dealkylation sites (N-methyl/N-ethyl adjacent to an activating group) is 1. The third-order valence-electron chi connectivity index (χ3n) is 6.96. The Morgan fingerprint density at radius 2 is 1.47 bits per heavy atom. The Labute approximate surface area is 268 Å². The molecule has 0 aliphatic rings. The van der Waals surface area contributed by atoms with E-state index < -0.39 is 46.2 Å². The normalized spacial score (nSPS) is 12.3. The van der Waals surface area contributed by atoms with Crippen molar-refractivity contribution in [2.45, 2.75) is 37.0 Å². The average molecular weight is 703 g/mol. The van der Waals surface area contributed by atoms with Gasteiger partial charge in [-0.15, -0.1) is 0 Å². The summed E-state index contributed by atoms with van der Waals surface area (Å²) in [5.41, 5.74) is -0.000563. The summed E-state index contributed by atoms with van der Waals surface area (Å²) in [5, 5.41) is 2.76. The molecule has 1 N–H and O–H groups in total. The zero-order valence-electron chi connectivity index (χ0n) is 24.2. The SMILES string of the molecule is CCNC(=O)C(Cc1ccccc1)N(Cc1ccc(Br)cc1)C(=O)CN(c1cccc(C(F)(F)F)c1)S(=O)(=O)c1ccccc1. The minimum atomic E-state index is -4.76. The van der Waals surface area contributed by atoms with E-state index in [4.69, 9.17) is 0 Å². The van der Waals surface area contributed by atoms with Gasteiger partial charge in [0.05, 0.1) is 16.1 Å². The minimum Gasteiger partial charge on any atom is -0.355 e. The quantitative estimate of drug-likeness (QED) is 0.184. The number of sulfonamides is 1. The molecule has 1 atom stereocenters. The number of amides is 2. The van der Waals surface area contributed by atoms with Crippen LogP contribution in [0, 0.1) is 0 Å². The van der Waals surface area contributed by atoms with Crippen LogP contribution in [0.15, 0.2) is 119 Å². The van der Waals surface area contributed by atoms with Crippen molar-refractivity contribution in [3.63, 3.8) is 0 Å². The molecule has 0 fully saturated rings. The third kappa shape index (κ3) is 8.73. The first-order valence-electron chi connectivity index (χ1n) is 14.0. The molecule has 1 unspecified atom stereocenters.